The summed E-state index contributed by atoms with van der Waals surface area (Å²) in [6.07, 6.45) is 1.70. The number of piperazine rings is 1. The third-order valence-corrected chi connectivity index (χ3v) is 6.46. The third-order valence-electron chi connectivity index (χ3n) is 6.07. The Balaban J connectivity index is 1.39. The van der Waals surface area contributed by atoms with E-state index in [2.05, 4.69) is 68.7 Å². The van der Waals surface area contributed by atoms with E-state index in [1.807, 2.05) is 28.9 Å². The van der Waals surface area contributed by atoms with Gasteiger partial charge in [0.25, 0.3) is 0 Å². The summed E-state index contributed by atoms with van der Waals surface area (Å²) in [5.41, 5.74) is 3.88. The first-order valence-electron chi connectivity index (χ1n) is 11.3. The molecule has 2 aromatic carbocycles. The number of aromatic nitrogens is 4. The van der Waals surface area contributed by atoms with E-state index in [-0.39, 0.29) is 0 Å². The van der Waals surface area contributed by atoms with E-state index in [9.17, 15) is 0 Å². The van der Waals surface area contributed by atoms with Gasteiger partial charge in [-0.2, -0.15) is 5.26 Å². The highest BCUT2D eigenvalue weighted by Crippen LogP contribution is 2.23. The quantitative estimate of drug-likeness (QED) is 0.405. The predicted octanol–water partition coefficient (Wildman–Crippen LogP) is 4.43. The summed E-state index contributed by atoms with van der Waals surface area (Å²) in [7, 11) is 0. The van der Waals surface area contributed by atoms with Crippen molar-refractivity contribution >= 4 is 18.0 Å². The number of nitrogens with zero attached hydrogens (tertiary/aromatic N) is 7. The van der Waals surface area contributed by atoms with Crippen LogP contribution in [0.15, 0.2) is 72.9 Å². The van der Waals surface area contributed by atoms with Gasteiger partial charge >= 0.3 is 0 Å². The minimum atomic E-state index is 0.622. The number of hydrogen-bond acceptors (Lipinski definition) is 6. The zero-order chi connectivity index (χ0) is 23.5. The van der Waals surface area contributed by atoms with E-state index < -0.39 is 0 Å². The second kappa shape index (κ2) is 9.59. The Hall–Kier alpha value is -3.80. The number of nitriles is 1. The van der Waals surface area contributed by atoms with Crippen molar-refractivity contribution in [2.24, 2.45) is 0 Å². The predicted molar refractivity (Wildman–Crippen MR) is 135 cm³/mol. The van der Waals surface area contributed by atoms with Crippen molar-refractivity contribution in [1.82, 2.24) is 24.2 Å². The molecule has 0 amide bonds. The van der Waals surface area contributed by atoms with Gasteiger partial charge in [0.15, 0.2) is 5.82 Å². The van der Waals surface area contributed by atoms with E-state index in [0.717, 1.165) is 49.1 Å². The molecule has 1 aliphatic heterocycles. The van der Waals surface area contributed by atoms with Crippen LogP contribution in [-0.2, 0) is 6.67 Å². The van der Waals surface area contributed by atoms with E-state index in [1.165, 1.54) is 5.56 Å². The van der Waals surface area contributed by atoms with Crippen LogP contribution in [0.1, 0.15) is 11.1 Å². The minimum Gasteiger partial charge on any atom is -0.354 e. The van der Waals surface area contributed by atoms with E-state index in [1.54, 1.807) is 12.3 Å². The molecule has 1 saturated heterocycles. The summed E-state index contributed by atoms with van der Waals surface area (Å²) in [5, 5.41) is 14.1. The molecule has 0 aliphatic carbocycles. The average Bonchev–Trinajstić information content (AvgIpc) is 3.21. The first kappa shape index (κ1) is 22.0. The van der Waals surface area contributed by atoms with Gasteiger partial charge in [-0.05, 0) is 43.4 Å². The summed E-state index contributed by atoms with van der Waals surface area (Å²) >= 11 is 5.91. The van der Waals surface area contributed by atoms with Crippen molar-refractivity contribution in [2.75, 3.05) is 31.1 Å². The Labute approximate surface area is 204 Å². The number of hydrogen-bond donors (Lipinski definition) is 0. The number of anilines is 1. The minimum absolute atomic E-state index is 0.622. The molecule has 7 nitrogen and oxygen atoms in total. The number of rotatable bonds is 5. The van der Waals surface area contributed by atoms with Gasteiger partial charge in [-0.3, -0.25) is 9.47 Å². The number of aryl methyl sites for hydroxylation is 1. The zero-order valence-electron chi connectivity index (χ0n) is 19.0. The van der Waals surface area contributed by atoms with Crippen LogP contribution >= 0.6 is 12.2 Å². The smallest absolute Gasteiger partial charge is 0.204 e. The largest absolute Gasteiger partial charge is 0.354 e. The third kappa shape index (κ3) is 4.49. The first-order chi connectivity index (χ1) is 16.6. The van der Waals surface area contributed by atoms with Crippen LogP contribution in [0, 0.1) is 23.0 Å². The summed E-state index contributed by atoms with van der Waals surface area (Å²) in [6, 6.07) is 24.3. The van der Waals surface area contributed by atoms with Gasteiger partial charge in [0.1, 0.15) is 5.82 Å². The molecular weight excluding hydrogens is 442 g/mol. The average molecular weight is 468 g/mol. The lowest BCUT2D eigenvalue weighted by Gasteiger charge is -2.35. The lowest BCUT2D eigenvalue weighted by atomic mass is 10.2. The van der Waals surface area contributed by atoms with E-state index in [0.29, 0.717) is 17.0 Å². The summed E-state index contributed by atoms with van der Waals surface area (Å²) in [5.74, 6) is 1.69. The second-order valence-electron chi connectivity index (χ2n) is 8.40. The molecule has 8 heteroatoms. The van der Waals surface area contributed by atoms with Crippen molar-refractivity contribution in [1.29, 1.82) is 5.26 Å². The van der Waals surface area contributed by atoms with Gasteiger partial charge in [0.05, 0.1) is 18.3 Å². The maximum Gasteiger partial charge on any atom is 0.204 e. The standard InChI is InChI=1S/C26H25N7S/c1-20-7-9-23(10-8-20)33-25(22-5-3-2-4-6-22)29-32(26(33)34)19-30-13-15-31(16-14-30)24-17-21(18-27)11-12-28-24/h2-12,17H,13-16,19H2,1H3. The monoisotopic (exact) mass is 467 g/mol. The van der Waals surface area contributed by atoms with Crippen LogP contribution in [0.5, 0.6) is 0 Å². The summed E-state index contributed by atoms with van der Waals surface area (Å²) < 4.78 is 4.65. The van der Waals surface area contributed by atoms with E-state index in [4.69, 9.17) is 22.6 Å². The fourth-order valence-corrected chi connectivity index (χ4v) is 4.46. The molecule has 34 heavy (non-hydrogen) atoms. The van der Waals surface area contributed by atoms with Crippen molar-refractivity contribution in [2.45, 2.75) is 13.6 Å². The SMILES string of the molecule is Cc1ccc(-n2c(-c3ccccc3)nn(CN3CCN(c4cc(C#N)ccn4)CC3)c2=S)cc1. The van der Waals surface area contributed by atoms with Crippen molar-refractivity contribution in [3.63, 3.8) is 0 Å². The number of benzene rings is 2. The molecule has 170 valence electrons. The fraction of sp³-hybridized carbons (Fsp3) is 0.231. The molecule has 0 unspecified atom stereocenters. The highest BCUT2D eigenvalue weighted by molar-refractivity contribution is 7.71. The maximum absolute atomic E-state index is 9.17. The molecule has 1 fully saturated rings. The van der Waals surface area contributed by atoms with Crippen LogP contribution in [0.2, 0.25) is 0 Å². The number of pyridine rings is 1. The lowest BCUT2D eigenvalue weighted by molar-refractivity contribution is 0.194. The van der Waals surface area contributed by atoms with Crippen LogP contribution in [0.4, 0.5) is 5.82 Å². The van der Waals surface area contributed by atoms with Gasteiger partial charge < -0.3 is 4.90 Å². The Bertz CT molecular complexity index is 1380. The molecule has 0 bridgehead atoms. The molecule has 0 spiro atoms. The Morgan fingerprint density at radius 1 is 0.971 bits per heavy atom. The molecule has 5 rings (SSSR count). The van der Waals surface area contributed by atoms with Gasteiger partial charge in [0.2, 0.25) is 4.77 Å². The molecule has 0 radical (unpaired) electrons. The van der Waals surface area contributed by atoms with Gasteiger partial charge in [0, 0.05) is 43.6 Å². The highest BCUT2D eigenvalue weighted by Gasteiger charge is 2.21. The molecular formula is C26H25N7S. The van der Waals surface area contributed by atoms with Crippen molar-refractivity contribution in [3.8, 4) is 23.1 Å². The van der Waals surface area contributed by atoms with Gasteiger partial charge in [-0.25, -0.2) is 9.67 Å². The molecule has 3 heterocycles. The Kier molecular flexibility index (Phi) is 6.21. The molecule has 2 aromatic heterocycles. The topological polar surface area (TPSA) is 65.9 Å². The molecule has 0 atom stereocenters. The normalized spacial score (nSPS) is 14.2. The molecule has 0 saturated carbocycles. The fourth-order valence-electron chi connectivity index (χ4n) is 4.17. The molecule has 0 N–H and O–H groups in total. The maximum atomic E-state index is 9.17. The highest BCUT2D eigenvalue weighted by atomic mass is 32.1. The first-order valence-corrected chi connectivity index (χ1v) is 11.7. The Morgan fingerprint density at radius 3 is 2.41 bits per heavy atom. The zero-order valence-corrected chi connectivity index (χ0v) is 19.8. The molecule has 1 aliphatic rings. The summed E-state index contributed by atoms with van der Waals surface area (Å²) in [4.78, 5) is 9.01. The van der Waals surface area contributed by atoms with Gasteiger partial charge in [-0.15, -0.1) is 5.10 Å². The van der Waals surface area contributed by atoms with Crippen molar-refractivity contribution in [3.05, 3.63) is 88.8 Å². The van der Waals surface area contributed by atoms with Crippen LogP contribution in [0.3, 0.4) is 0 Å². The second-order valence-corrected chi connectivity index (χ2v) is 8.77. The molecule has 4 aromatic rings. The van der Waals surface area contributed by atoms with Gasteiger partial charge in [-0.1, -0.05) is 48.0 Å². The summed E-state index contributed by atoms with van der Waals surface area (Å²) in [6.45, 7) is 6.09. The van der Waals surface area contributed by atoms with Crippen LogP contribution in [0.25, 0.3) is 17.1 Å². The van der Waals surface area contributed by atoms with Crippen molar-refractivity contribution < 1.29 is 0 Å². The van der Waals surface area contributed by atoms with E-state index >= 15 is 0 Å². The Morgan fingerprint density at radius 2 is 1.71 bits per heavy atom. The van der Waals surface area contributed by atoms with Crippen LogP contribution in [-0.4, -0.2) is 50.4 Å². The van der Waals surface area contributed by atoms with Crippen LogP contribution < -0.4 is 4.90 Å². The lowest BCUT2D eigenvalue weighted by Crippen LogP contribution is -2.47.